The van der Waals surface area contributed by atoms with Gasteiger partial charge < -0.3 is 14.2 Å². The van der Waals surface area contributed by atoms with Crippen molar-refractivity contribution in [1.82, 2.24) is 0 Å². The van der Waals surface area contributed by atoms with Gasteiger partial charge in [-0.25, -0.2) is 0 Å². The lowest BCUT2D eigenvalue weighted by Gasteiger charge is -2.18. The van der Waals surface area contributed by atoms with Crippen molar-refractivity contribution < 1.29 is 28.6 Å². The fourth-order valence-electron chi connectivity index (χ4n) is 8.61. The van der Waals surface area contributed by atoms with Crippen molar-refractivity contribution in [2.24, 2.45) is 17.8 Å². The lowest BCUT2D eigenvalue weighted by molar-refractivity contribution is -0.167. The smallest absolute Gasteiger partial charge is 0.306 e. The van der Waals surface area contributed by atoms with Crippen molar-refractivity contribution >= 4 is 17.9 Å². The Balaban J connectivity index is 4.25. The Labute approximate surface area is 393 Å². The van der Waals surface area contributed by atoms with Gasteiger partial charge in [-0.3, -0.25) is 14.4 Å². The van der Waals surface area contributed by atoms with E-state index in [0.717, 1.165) is 75.5 Å². The van der Waals surface area contributed by atoms with Crippen LogP contribution in [0.3, 0.4) is 0 Å². The Hall–Kier alpha value is -1.59. The van der Waals surface area contributed by atoms with E-state index in [9.17, 15) is 14.4 Å². The van der Waals surface area contributed by atoms with Gasteiger partial charge in [0.2, 0.25) is 0 Å². The summed E-state index contributed by atoms with van der Waals surface area (Å²) >= 11 is 0. The van der Waals surface area contributed by atoms with Crippen molar-refractivity contribution in [2.75, 3.05) is 13.2 Å². The highest BCUT2D eigenvalue weighted by Gasteiger charge is 2.19. The highest BCUT2D eigenvalue weighted by Crippen LogP contribution is 2.18. The van der Waals surface area contributed by atoms with Gasteiger partial charge in [-0.2, -0.15) is 0 Å². The maximum Gasteiger partial charge on any atom is 0.306 e. The molecule has 0 aliphatic carbocycles. The first-order valence-electron chi connectivity index (χ1n) is 28.1. The second kappa shape index (κ2) is 48.3. The molecule has 0 N–H and O–H groups in total. The number of hydrogen-bond acceptors (Lipinski definition) is 6. The summed E-state index contributed by atoms with van der Waals surface area (Å²) in [6, 6.07) is 0. The first kappa shape index (κ1) is 61.4. The zero-order valence-corrected chi connectivity index (χ0v) is 43.4. The normalized spacial score (nSPS) is 12.6. The molecule has 6 nitrogen and oxygen atoms in total. The van der Waals surface area contributed by atoms with Gasteiger partial charge in [0.1, 0.15) is 13.2 Å². The zero-order valence-electron chi connectivity index (χ0n) is 43.4. The van der Waals surface area contributed by atoms with Crippen molar-refractivity contribution in [3.8, 4) is 0 Å². The second-order valence-electron chi connectivity index (χ2n) is 20.8. The van der Waals surface area contributed by atoms with E-state index in [-0.39, 0.29) is 31.1 Å². The van der Waals surface area contributed by atoms with Crippen LogP contribution in [-0.2, 0) is 28.6 Å². The van der Waals surface area contributed by atoms with Crippen LogP contribution >= 0.6 is 0 Å². The maximum absolute atomic E-state index is 12.8. The summed E-state index contributed by atoms with van der Waals surface area (Å²) in [5.41, 5.74) is 0. The van der Waals surface area contributed by atoms with Crippen LogP contribution in [0.2, 0.25) is 0 Å². The van der Waals surface area contributed by atoms with Crippen molar-refractivity contribution in [2.45, 2.75) is 317 Å². The Kier molecular flexibility index (Phi) is 47.1. The third-order valence-corrected chi connectivity index (χ3v) is 13.3. The molecule has 0 fully saturated rings. The predicted octanol–water partition coefficient (Wildman–Crippen LogP) is 18.3. The van der Waals surface area contributed by atoms with Gasteiger partial charge in [-0.1, -0.05) is 273 Å². The summed E-state index contributed by atoms with van der Waals surface area (Å²) in [4.78, 5) is 38.0. The van der Waals surface area contributed by atoms with Crippen LogP contribution in [0.1, 0.15) is 311 Å². The third-order valence-electron chi connectivity index (χ3n) is 13.3. The molecule has 63 heavy (non-hydrogen) atoms. The van der Waals surface area contributed by atoms with Crippen LogP contribution in [0.5, 0.6) is 0 Å². The first-order valence-corrected chi connectivity index (χ1v) is 28.1. The van der Waals surface area contributed by atoms with E-state index in [4.69, 9.17) is 14.2 Å². The molecule has 0 radical (unpaired) electrons. The van der Waals surface area contributed by atoms with Gasteiger partial charge in [0.25, 0.3) is 0 Å². The van der Waals surface area contributed by atoms with E-state index in [1.54, 1.807) is 0 Å². The number of esters is 3. The lowest BCUT2D eigenvalue weighted by atomic mass is 9.99. The molecule has 0 bridgehead atoms. The Bertz CT molecular complexity index is 978. The molecule has 0 aliphatic rings. The molecule has 0 aliphatic heterocycles. The number of hydrogen-bond donors (Lipinski definition) is 0. The van der Waals surface area contributed by atoms with Gasteiger partial charge in [0, 0.05) is 19.3 Å². The van der Waals surface area contributed by atoms with Crippen LogP contribution in [0.15, 0.2) is 0 Å². The maximum atomic E-state index is 12.8. The van der Waals surface area contributed by atoms with E-state index in [1.165, 1.54) is 193 Å². The van der Waals surface area contributed by atoms with Crippen molar-refractivity contribution in [3.63, 3.8) is 0 Å². The van der Waals surface area contributed by atoms with Gasteiger partial charge in [-0.05, 0) is 37.0 Å². The van der Waals surface area contributed by atoms with E-state index in [0.29, 0.717) is 19.3 Å². The summed E-state index contributed by atoms with van der Waals surface area (Å²) < 4.78 is 16.8. The predicted molar refractivity (Wildman–Crippen MR) is 270 cm³/mol. The SMILES string of the molecule is CCC(C)CCCCCCCCCCC(=O)OC[C@@H](COC(=O)CCCCCCCCCCCC(C)C)OC(=O)CCCCCCCCCCCCCCCCCCCCC(C)C. The van der Waals surface area contributed by atoms with E-state index in [1.807, 2.05) is 0 Å². The first-order chi connectivity index (χ1) is 30.6. The molecule has 0 rings (SSSR count). The second-order valence-corrected chi connectivity index (χ2v) is 20.8. The zero-order chi connectivity index (χ0) is 46.3. The number of rotatable bonds is 50. The summed E-state index contributed by atoms with van der Waals surface area (Å²) in [6.07, 6.45) is 49.5. The molecule has 0 aromatic rings. The molecule has 0 aromatic carbocycles. The van der Waals surface area contributed by atoms with Crippen molar-refractivity contribution in [3.05, 3.63) is 0 Å². The van der Waals surface area contributed by atoms with E-state index in [2.05, 4.69) is 41.5 Å². The van der Waals surface area contributed by atoms with Crippen molar-refractivity contribution in [1.29, 1.82) is 0 Å². The molecule has 0 heterocycles. The third kappa shape index (κ3) is 49.7. The minimum Gasteiger partial charge on any atom is -0.462 e. The van der Waals surface area contributed by atoms with Crippen LogP contribution in [-0.4, -0.2) is 37.2 Å². The Morgan fingerprint density at radius 1 is 0.317 bits per heavy atom. The van der Waals surface area contributed by atoms with Crippen LogP contribution in [0.4, 0.5) is 0 Å². The van der Waals surface area contributed by atoms with Gasteiger partial charge in [-0.15, -0.1) is 0 Å². The fourth-order valence-corrected chi connectivity index (χ4v) is 8.61. The largest absolute Gasteiger partial charge is 0.462 e. The topological polar surface area (TPSA) is 78.9 Å². The molecular formula is C57H110O6. The standard InChI is InChI=1S/C57H110O6/c1-7-53(6)45-39-33-27-23-24-29-35-41-47-56(59)62-50-54(49-61-55(58)46-40-34-28-22-18-20-26-32-38-44-52(4)5)63-57(60)48-42-36-30-21-17-15-13-11-9-8-10-12-14-16-19-25-31-37-43-51(2)3/h51-54H,7-50H2,1-6H3/t53?,54-/m1/s1. The molecular weight excluding hydrogens is 781 g/mol. The molecule has 2 atom stereocenters. The molecule has 6 heteroatoms. The quantitative estimate of drug-likeness (QED) is 0.0344. The molecule has 0 saturated heterocycles. The average Bonchev–Trinajstić information content (AvgIpc) is 3.25. The minimum atomic E-state index is -0.763. The number of carbonyl (C=O) groups excluding carboxylic acids is 3. The van der Waals surface area contributed by atoms with E-state index >= 15 is 0 Å². The number of unbranched alkanes of at least 4 members (excludes halogenated alkanes) is 32. The molecule has 0 saturated carbocycles. The van der Waals surface area contributed by atoms with Gasteiger partial charge >= 0.3 is 17.9 Å². The monoisotopic (exact) mass is 891 g/mol. The number of ether oxygens (including phenoxy) is 3. The van der Waals surface area contributed by atoms with Crippen LogP contribution in [0.25, 0.3) is 0 Å². The average molecular weight is 892 g/mol. The van der Waals surface area contributed by atoms with Crippen LogP contribution < -0.4 is 0 Å². The minimum absolute atomic E-state index is 0.0647. The van der Waals surface area contributed by atoms with Gasteiger partial charge in [0.15, 0.2) is 6.10 Å². The van der Waals surface area contributed by atoms with E-state index < -0.39 is 6.10 Å². The summed E-state index contributed by atoms with van der Waals surface area (Å²) in [7, 11) is 0. The summed E-state index contributed by atoms with van der Waals surface area (Å²) in [5, 5.41) is 0. The molecule has 0 aromatic heterocycles. The number of carbonyl (C=O) groups is 3. The summed E-state index contributed by atoms with van der Waals surface area (Å²) in [5.74, 6) is 1.67. The fraction of sp³-hybridized carbons (Fsp3) is 0.947. The van der Waals surface area contributed by atoms with Gasteiger partial charge in [0.05, 0.1) is 0 Å². The molecule has 0 amide bonds. The summed E-state index contributed by atoms with van der Waals surface area (Å²) in [6.45, 7) is 13.7. The highest BCUT2D eigenvalue weighted by molar-refractivity contribution is 5.71. The lowest BCUT2D eigenvalue weighted by Crippen LogP contribution is -2.30. The Morgan fingerprint density at radius 2 is 0.556 bits per heavy atom. The molecule has 0 spiro atoms. The molecule has 374 valence electrons. The Morgan fingerprint density at radius 3 is 0.825 bits per heavy atom. The highest BCUT2D eigenvalue weighted by atomic mass is 16.6. The van der Waals surface area contributed by atoms with Crippen LogP contribution in [0, 0.1) is 17.8 Å². The molecule has 1 unspecified atom stereocenters.